The van der Waals surface area contributed by atoms with E-state index in [0.717, 1.165) is 21.0 Å². The van der Waals surface area contributed by atoms with Gasteiger partial charge in [-0.25, -0.2) is 13.9 Å². The number of nitro benzene ring substituents is 1. The Kier molecular flexibility index (Phi) is 7.18. The van der Waals surface area contributed by atoms with Crippen molar-refractivity contribution in [3.8, 4) is 11.1 Å². The van der Waals surface area contributed by atoms with E-state index in [0.29, 0.717) is 16.1 Å². The lowest BCUT2D eigenvalue weighted by molar-refractivity contribution is -0.384. The molecular weight excluding hydrogens is 494 g/mol. The monoisotopic (exact) mass is 515 g/mol. The fourth-order valence-corrected chi connectivity index (χ4v) is 5.96. The molecule has 0 aromatic heterocycles. The molecule has 11 heteroatoms. The van der Waals surface area contributed by atoms with Crippen LogP contribution in [0.1, 0.15) is 22.7 Å². The number of amides is 1. The predicted octanol–water partition coefficient (Wildman–Crippen LogP) is 3.89. The maximum Gasteiger partial charge on any atom is 0.269 e. The van der Waals surface area contributed by atoms with Crippen molar-refractivity contribution in [1.82, 2.24) is 9.79 Å². The third-order valence-corrected chi connectivity index (χ3v) is 8.10. The van der Waals surface area contributed by atoms with Crippen molar-refractivity contribution < 1.29 is 23.3 Å². The van der Waals surface area contributed by atoms with E-state index in [9.17, 15) is 28.5 Å². The van der Waals surface area contributed by atoms with Crippen LogP contribution in [-0.2, 0) is 27.7 Å². The summed E-state index contributed by atoms with van der Waals surface area (Å²) >= 11 is 5.93. The molecule has 1 aliphatic rings. The third kappa shape index (κ3) is 5.35. The summed E-state index contributed by atoms with van der Waals surface area (Å²) in [5, 5.41) is 21.0. The Balaban J connectivity index is 1.52. The van der Waals surface area contributed by atoms with Gasteiger partial charge in [-0.1, -0.05) is 48.0 Å². The van der Waals surface area contributed by atoms with Gasteiger partial charge < -0.3 is 0 Å². The Morgan fingerprint density at radius 2 is 1.71 bits per heavy atom. The molecule has 1 heterocycles. The molecule has 1 amide bonds. The summed E-state index contributed by atoms with van der Waals surface area (Å²) in [6, 6.07) is 17.5. The maximum absolute atomic E-state index is 13.2. The highest BCUT2D eigenvalue weighted by Crippen LogP contribution is 2.34. The van der Waals surface area contributed by atoms with Crippen LogP contribution in [0.2, 0.25) is 5.02 Å². The van der Waals surface area contributed by atoms with Crippen molar-refractivity contribution in [3.05, 3.63) is 98.6 Å². The van der Waals surface area contributed by atoms with E-state index in [1.54, 1.807) is 12.1 Å². The summed E-state index contributed by atoms with van der Waals surface area (Å²) in [6.07, 6.45) is 0.432. The number of hydrogen-bond acceptors (Lipinski definition) is 6. The van der Waals surface area contributed by atoms with E-state index < -0.39 is 26.9 Å². The average Bonchev–Trinajstić information content (AvgIpc) is 2.86. The van der Waals surface area contributed by atoms with Gasteiger partial charge in [0.15, 0.2) is 0 Å². The second kappa shape index (κ2) is 10.1. The zero-order valence-electron chi connectivity index (χ0n) is 18.4. The average molecular weight is 516 g/mol. The SMILES string of the molecule is O=C(NO)C1c2ccc([N+](=O)[O-])cc2CCN1S(=O)(=O)CCc1ccc(-c2ccc(Cl)cc2)cc1. The van der Waals surface area contributed by atoms with Crippen molar-refractivity contribution in [2.45, 2.75) is 18.9 Å². The molecule has 3 aromatic rings. The van der Waals surface area contributed by atoms with E-state index in [-0.39, 0.29) is 30.8 Å². The molecular formula is C24H22ClN3O6S. The van der Waals surface area contributed by atoms with Gasteiger partial charge in [-0.15, -0.1) is 0 Å². The zero-order valence-corrected chi connectivity index (χ0v) is 20.0. The molecule has 4 rings (SSSR count). The number of carbonyl (C=O) groups excluding carboxylic acids is 1. The van der Waals surface area contributed by atoms with Gasteiger partial charge in [0.05, 0.1) is 10.7 Å². The molecule has 0 saturated heterocycles. The number of aryl methyl sites for hydroxylation is 1. The molecule has 1 aliphatic heterocycles. The number of nitro groups is 1. The number of carbonyl (C=O) groups is 1. The number of benzene rings is 3. The Morgan fingerprint density at radius 1 is 1.09 bits per heavy atom. The van der Waals surface area contributed by atoms with Gasteiger partial charge in [0, 0.05) is 23.7 Å². The smallest absolute Gasteiger partial charge is 0.269 e. The number of fused-ring (bicyclic) bond motifs is 1. The lowest BCUT2D eigenvalue weighted by atomic mass is 9.93. The van der Waals surface area contributed by atoms with E-state index >= 15 is 0 Å². The van der Waals surface area contributed by atoms with Crippen molar-refractivity contribution in [2.24, 2.45) is 0 Å². The second-order valence-electron chi connectivity index (χ2n) is 8.15. The topological polar surface area (TPSA) is 130 Å². The first-order chi connectivity index (χ1) is 16.7. The number of rotatable bonds is 7. The van der Waals surface area contributed by atoms with Crippen molar-refractivity contribution >= 4 is 33.2 Å². The molecule has 0 radical (unpaired) electrons. The number of non-ortho nitro benzene ring substituents is 1. The normalized spacial score (nSPS) is 15.9. The fraction of sp³-hybridized carbons (Fsp3) is 0.208. The number of hydroxylamine groups is 1. The Bertz CT molecular complexity index is 1360. The Labute approximate surface area is 207 Å². The molecule has 0 aliphatic carbocycles. The van der Waals surface area contributed by atoms with Gasteiger partial charge in [-0.2, -0.15) is 4.31 Å². The molecule has 1 atom stereocenters. The summed E-state index contributed by atoms with van der Waals surface area (Å²) in [6.45, 7) is -0.0376. The van der Waals surface area contributed by atoms with Crippen LogP contribution in [0.4, 0.5) is 5.69 Å². The summed E-state index contributed by atoms with van der Waals surface area (Å²) in [7, 11) is -3.91. The quantitative estimate of drug-likeness (QED) is 0.279. The molecule has 35 heavy (non-hydrogen) atoms. The van der Waals surface area contributed by atoms with Gasteiger partial charge in [0.2, 0.25) is 10.0 Å². The maximum atomic E-state index is 13.2. The minimum atomic E-state index is -3.91. The molecule has 0 bridgehead atoms. The number of nitrogens with zero attached hydrogens (tertiary/aromatic N) is 2. The van der Waals surface area contributed by atoms with Crippen molar-refractivity contribution in [2.75, 3.05) is 12.3 Å². The highest BCUT2D eigenvalue weighted by molar-refractivity contribution is 7.89. The summed E-state index contributed by atoms with van der Waals surface area (Å²) in [4.78, 5) is 23.0. The third-order valence-electron chi connectivity index (χ3n) is 6.02. The molecule has 0 saturated carbocycles. The minimum absolute atomic E-state index is 0.0376. The van der Waals surface area contributed by atoms with Gasteiger partial charge >= 0.3 is 0 Å². The van der Waals surface area contributed by atoms with E-state index in [1.165, 1.54) is 23.7 Å². The number of nitrogens with one attached hydrogen (secondary N) is 1. The summed E-state index contributed by atoms with van der Waals surface area (Å²) < 4.78 is 27.5. The van der Waals surface area contributed by atoms with Crippen LogP contribution in [0.3, 0.4) is 0 Å². The van der Waals surface area contributed by atoms with E-state index in [4.69, 9.17) is 11.6 Å². The first kappa shape index (κ1) is 24.8. The molecule has 0 spiro atoms. The van der Waals surface area contributed by atoms with Gasteiger partial charge in [0.25, 0.3) is 11.6 Å². The standard InChI is InChI=1S/C24H22ClN3O6S/c25-20-7-5-18(6-8-20)17-3-1-16(2-4-17)12-14-35(33,34)27-13-11-19-15-21(28(31)32)9-10-22(19)23(27)24(29)26-30/h1-10,15,23,30H,11-14H2,(H,26,29). The van der Waals surface area contributed by atoms with Crippen LogP contribution in [0.15, 0.2) is 66.7 Å². The molecule has 3 aromatic carbocycles. The highest BCUT2D eigenvalue weighted by Gasteiger charge is 2.40. The van der Waals surface area contributed by atoms with Crippen LogP contribution < -0.4 is 5.48 Å². The number of halogens is 1. The lowest BCUT2D eigenvalue weighted by Crippen LogP contribution is -2.47. The largest absolute Gasteiger partial charge is 0.289 e. The van der Waals surface area contributed by atoms with Crippen molar-refractivity contribution in [3.63, 3.8) is 0 Å². The van der Waals surface area contributed by atoms with Crippen LogP contribution in [-0.4, -0.2) is 41.1 Å². The van der Waals surface area contributed by atoms with Crippen LogP contribution in [0.5, 0.6) is 0 Å². The molecule has 1 unspecified atom stereocenters. The minimum Gasteiger partial charge on any atom is -0.289 e. The molecule has 2 N–H and O–H groups in total. The molecule has 0 fully saturated rings. The van der Waals surface area contributed by atoms with Gasteiger partial charge in [0.1, 0.15) is 6.04 Å². The van der Waals surface area contributed by atoms with Gasteiger partial charge in [-0.3, -0.25) is 20.1 Å². The van der Waals surface area contributed by atoms with Crippen LogP contribution >= 0.6 is 11.6 Å². The summed E-state index contributed by atoms with van der Waals surface area (Å²) in [5.41, 5.74) is 4.95. The molecule has 182 valence electrons. The highest BCUT2D eigenvalue weighted by atomic mass is 35.5. The first-order valence-corrected chi connectivity index (χ1v) is 12.7. The second-order valence-corrected chi connectivity index (χ2v) is 10.6. The van der Waals surface area contributed by atoms with Crippen molar-refractivity contribution in [1.29, 1.82) is 0 Å². The van der Waals surface area contributed by atoms with Crippen LogP contribution in [0.25, 0.3) is 11.1 Å². The van der Waals surface area contributed by atoms with Crippen LogP contribution in [0, 0.1) is 10.1 Å². The molecule has 9 nitrogen and oxygen atoms in total. The fourth-order valence-electron chi connectivity index (χ4n) is 4.21. The number of sulfonamides is 1. The predicted molar refractivity (Wildman–Crippen MR) is 131 cm³/mol. The number of hydrogen-bond donors (Lipinski definition) is 2. The zero-order chi connectivity index (χ0) is 25.2. The Hall–Kier alpha value is -3.31. The van der Waals surface area contributed by atoms with Gasteiger partial charge in [-0.05, 0) is 58.9 Å². The Morgan fingerprint density at radius 3 is 2.31 bits per heavy atom. The van der Waals surface area contributed by atoms with E-state index in [1.807, 2.05) is 36.4 Å². The lowest BCUT2D eigenvalue weighted by Gasteiger charge is -2.34. The summed E-state index contributed by atoms with van der Waals surface area (Å²) in [5.74, 6) is -1.17. The van der Waals surface area contributed by atoms with E-state index in [2.05, 4.69) is 0 Å². The first-order valence-electron chi connectivity index (χ1n) is 10.7.